The number of halogens is 2. The summed E-state index contributed by atoms with van der Waals surface area (Å²) in [7, 11) is -3.72. The molecule has 0 saturated carbocycles. The van der Waals surface area contributed by atoms with Crippen molar-refractivity contribution in [2.24, 2.45) is 0 Å². The summed E-state index contributed by atoms with van der Waals surface area (Å²) >= 11 is 11.9. The lowest BCUT2D eigenvalue weighted by Crippen LogP contribution is -2.49. The zero-order valence-corrected chi connectivity index (χ0v) is 15.3. The van der Waals surface area contributed by atoms with Gasteiger partial charge in [0, 0.05) is 31.2 Å². The molecular formula is C15H13Cl2N5O2S. The fraction of sp³-hybridized carbons (Fsp3) is 0.267. The van der Waals surface area contributed by atoms with E-state index in [-0.39, 0.29) is 28.7 Å². The first kappa shape index (κ1) is 17.9. The molecule has 10 heteroatoms. The molecule has 2 aromatic rings. The summed E-state index contributed by atoms with van der Waals surface area (Å²) in [6, 6.07) is 6.29. The van der Waals surface area contributed by atoms with E-state index in [1.54, 1.807) is 6.07 Å². The first-order valence-electron chi connectivity index (χ1n) is 7.34. The highest BCUT2D eigenvalue weighted by Gasteiger charge is 2.30. The molecule has 0 atom stereocenters. The Labute approximate surface area is 155 Å². The first-order chi connectivity index (χ1) is 11.9. The zero-order chi connectivity index (χ0) is 18.0. The Morgan fingerprint density at radius 3 is 2.40 bits per heavy atom. The third kappa shape index (κ3) is 3.70. The van der Waals surface area contributed by atoms with E-state index in [4.69, 9.17) is 28.5 Å². The molecule has 0 aliphatic carbocycles. The molecule has 1 saturated heterocycles. The molecule has 0 bridgehead atoms. The molecule has 0 amide bonds. The highest BCUT2D eigenvalue weighted by molar-refractivity contribution is 7.89. The third-order valence-electron chi connectivity index (χ3n) is 3.83. The first-order valence-corrected chi connectivity index (χ1v) is 9.54. The fourth-order valence-electron chi connectivity index (χ4n) is 2.51. The van der Waals surface area contributed by atoms with Crippen LogP contribution in [-0.2, 0) is 10.0 Å². The van der Waals surface area contributed by atoms with E-state index < -0.39 is 10.0 Å². The minimum absolute atomic E-state index is 0.00767. The minimum Gasteiger partial charge on any atom is -0.353 e. The van der Waals surface area contributed by atoms with Crippen LogP contribution in [0.4, 0.5) is 5.82 Å². The number of aromatic nitrogens is 2. The molecule has 2 heterocycles. The third-order valence-corrected chi connectivity index (χ3v) is 6.44. The van der Waals surface area contributed by atoms with Crippen molar-refractivity contribution in [1.29, 1.82) is 5.26 Å². The number of hydrogen-bond acceptors (Lipinski definition) is 6. The second kappa shape index (κ2) is 7.14. The maximum atomic E-state index is 12.8. The van der Waals surface area contributed by atoms with Crippen molar-refractivity contribution < 1.29 is 8.42 Å². The van der Waals surface area contributed by atoms with E-state index in [2.05, 4.69) is 9.97 Å². The minimum atomic E-state index is -3.72. The van der Waals surface area contributed by atoms with Crippen molar-refractivity contribution in [2.45, 2.75) is 4.90 Å². The molecule has 1 aromatic carbocycles. The maximum Gasteiger partial charge on any atom is 0.244 e. The standard InChI is InChI=1S/C15H13Cl2N5O2S/c16-11-1-2-13(17)14(7-11)25(23,24)22-5-3-21(4-6-22)15-10-19-12(8-18)9-20-15/h1-2,7,9-10H,3-6H2. The van der Waals surface area contributed by atoms with Crippen molar-refractivity contribution in [1.82, 2.24) is 14.3 Å². The van der Waals surface area contributed by atoms with Gasteiger partial charge in [-0.25, -0.2) is 18.4 Å². The van der Waals surface area contributed by atoms with Crippen LogP contribution in [-0.4, -0.2) is 48.9 Å². The van der Waals surface area contributed by atoms with Gasteiger partial charge in [0.2, 0.25) is 10.0 Å². The van der Waals surface area contributed by atoms with Crippen LogP contribution >= 0.6 is 23.2 Å². The van der Waals surface area contributed by atoms with Crippen molar-refractivity contribution in [3.8, 4) is 6.07 Å². The van der Waals surface area contributed by atoms with Gasteiger partial charge in [-0.2, -0.15) is 9.57 Å². The Hall–Kier alpha value is -1.92. The molecule has 1 aromatic heterocycles. The number of piperazine rings is 1. The number of rotatable bonds is 3. The van der Waals surface area contributed by atoms with Gasteiger partial charge in [-0.05, 0) is 18.2 Å². The van der Waals surface area contributed by atoms with E-state index in [1.807, 2.05) is 11.0 Å². The van der Waals surface area contributed by atoms with Gasteiger partial charge in [0.25, 0.3) is 0 Å². The normalized spacial score (nSPS) is 15.8. The van der Waals surface area contributed by atoms with Gasteiger partial charge >= 0.3 is 0 Å². The van der Waals surface area contributed by atoms with Gasteiger partial charge in [0.1, 0.15) is 16.8 Å². The SMILES string of the molecule is N#Cc1cnc(N2CCN(S(=O)(=O)c3cc(Cl)ccc3Cl)CC2)cn1. The lowest BCUT2D eigenvalue weighted by atomic mass is 10.3. The van der Waals surface area contributed by atoms with Gasteiger partial charge in [-0.3, -0.25) is 0 Å². The molecule has 7 nitrogen and oxygen atoms in total. The molecule has 1 fully saturated rings. The number of benzene rings is 1. The monoisotopic (exact) mass is 397 g/mol. The second-order valence-electron chi connectivity index (χ2n) is 5.34. The molecule has 1 aliphatic heterocycles. The molecule has 1 aliphatic rings. The van der Waals surface area contributed by atoms with E-state index in [9.17, 15) is 8.42 Å². The van der Waals surface area contributed by atoms with Crippen LogP contribution in [0.2, 0.25) is 10.0 Å². The molecular weight excluding hydrogens is 385 g/mol. The van der Waals surface area contributed by atoms with Gasteiger partial charge in [-0.15, -0.1) is 0 Å². The Bertz CT molecular complexity index is 920. The van der Waals surface area contributed by atoms with Crippen LogP contribution < -0.4 is 4.90 Å². The topological polar surface area (TPSA) is 90.2 Å². The number of sulfonamides is 1. The van der Waals surface area contributed by atoms with Crippen molar-refractivity contribution in [2.75, 3.05) is 31.1 Å². The number of nitriles is 1. The predicted octanol–water partition coefficient (Wildman–Crippen LogP) is 2.17. The van der Waals surface area contributed by atoms with E-state index >= 15 is 0 Å². The largest absolute Gasteiger partial charge is 0.353 e. The van der Waals surface area contributed by atoms with E-state index in [0.717, 1.165) is 0 Å². The summed E-state index contributed by atoms with van der Waals surface area (Å²) < 4.78 is 26.9. The zero-order valence-electron chi connectivity index (χ0n) is 12.9. The van der Waals surface area contributed by atoms with Crippen molar-refractivity contribution >= 4 is 39.0 Å². The lowest BCUT2D eigenvalue weighted by Gasteiger charge is -2.34. The maximum absolute atomic E-state index is 12.8. The van der Waals surface area contributed by atoms with Crippen molar-refractivity contribution in [3.63, 3.8) is 0 Å². The van der Waals surface area contributed by atoms with E-state index in [1.165, 1.54) is 28.8 Å². The predicted molar refractivity (Wildman–Crippen MR) is 94.2 cm³/mol. The molecule has 130 valence electrons. The molecule has 3 rings (SSSR count). The quantitative estimate of drug-likeness (QED) is 0.787. The summed E-state index contributed by atoms with van der Waals surface area (Å²) in [6.07, 6.45) is 2.90. The molecule has 25 heavy (non-hydrogen) atoms. The Morgan fingerprint density at radius 1 is 1.08 bits per heavy atom. The number of nitrogens with zero attached hydrogens (tertiary/aromatic N) is 5. The van der Waals surface area contributed by atoms with Crippen molar-refractivity contribution in [3.05, 3.63) is 46.3 Å². The number of hydrogen-bond donors (Lipinski definition) is 0. The summed E-state index contributed by atoms with van der Waals surface area (Å²) in [5, 5.41) is 9.21. The lowest BCUT2D eigenvalue weighted by molar-refractivity contribution is 0.383. The summed E-state index contributed by atoms with van der Waals surface area (Å²) in [6.45, 7) is 1.48. The molecule has 0 unspecified atom stereocenters. The van der Waals surface area contributed by atoms with E-state index in [0.29, 0.717) is 23.9 Å². The van der Waals surface area contributed by atoms with Crippen LogP contribution in [0, 0.1) is 11.3 Å². The van der Waals surface area contributed by atoms with Gasteiger partial charge in [0.05, 0.1) is 17.4 Å². The Balaban J connectivity index is 1.75. The summed E-state index contributed by atoms with van der Waals surface area (Å²) in [5.41, 5.74) is 0.237. The Morgan fingerprint density at radius 2 is 1.80 bits per heavy atom. The smallest absolute Gasteiger partial charge is 0.244 e. The summed E-state index contributed by atoms with van der Waals surface area (Å²) in [5.74, 6) is 0.608. The van der Waals surface area contributed by atoms with Gasteiger partial charge < -0.3 is 4.90 Å². The van der Waals surface area contributed by atoms with Crippen LogP contribution in [0.1, 0.15) is 5.69 Å². The van der Waals surface area contributed by atoms with Crippen LogP contribution in [0.5, 0.6) is 0 Å². The molecule has 0 radical (unpaired) electrons. The van der Waals surface area contributed by atoms with Crippen LogP contribution in [0.15, 0.2) is 35.5 Å². The average Bonchev–Trinajstić information content (AvgIpc) is 2.64. The molecule has 0 N–H and O–H groups in total. The van der Waals surface area contributed by atoms with Gasteiger partial charge in [-0.1, -0.05) is 23.2 Å². The van der Waals surface area contributed by atoms with Gasteiger partial charge in [0.15, 0.2) is 5.69 Å². The highest BCUT2D eigenvalue weighted by atomic mass is 35.5. The highest BCUT2D eigenvalue weighted by Crippen LogP contribution is 2.28. The average molecular weight is 398 g/mol. The van der Waals surface area contributed by atoms with Crippen LogP contribution in [0.3, 0.4) is 0 Å². The Kier molecular flexibility index (Phi) is 5.11. The number of anilines is 1. The fourth-order valence-corrected chi connectivity index (χ4v) is 4.67. The van der Waals surface area contributed by atoms with Crippen LogP contribution in [0.25, 0.3) is 0 Å². The second-order valence-corrected chi connectivity index (χ2v) is 8.09. The molecule has 0 spiro atoms. The summed E-state index contributed by atoms with van der Waals surface area (Å²) in [4.78, 5) is 10.1.